The van der Waals surface area contributed by atoms with Gasteiger partial charge in [0.05, 0.1) is 6.04 Å². The minimum atomic E-state index is -1.45. The highest BCUT2D eigenvalue weighted by atomic mass is 16.2. The summed E-state index contributed by atoms with van der Waals surface area (Å²) in [4.78, 5) is 188. The first-order valence-corrected chi connectivity index (χ1v) is 36.1. The lowest BCUT2D eigenvalue weighted by Crippen LogP contribution is -2.62. The number of hydrogen-bond acceptors (Lipinski definition) is 18. The van der Waals surface area contributed by atoms with Gasteiger partial charge >= 0.3 is 0 Å². The fraction of sp³-hybridized carbons (Fsp3) is 0.647. The molecule has 2 aromatic rings. The Bertz CT molecular complexity index is 3400. The van der Waals surface area contributed by atoms with Crippen LogP contribution in [0.15, 0.2) is 50.4 Å². The van der Waals surface area contributed by atoms with E-state index in [2.05, 4.69) is 83.4 Å². The summed E-state index contributed by atoms with van der Waals surface area (Å²) in [6, 6.07) is -8.53. The number of guanidine groups is 4. The van der Waals surface area contributed by atoms with E-state index in [-0.39, 0.29) is 126 Å². The highest BCUT2D eigenvalue weighted by Crippen LogP contribution is 2.21. The number of aromatic nitrogens is 1. The van der Waals surface area contributed by atoms with E-state index in [0.29, 0.717) is 22.9 Å². The predicted molar refractivity (Wildman–Crippen MR) is 408 cm³/mol. The molecule has 0 aliphatic rings. The van der Waals surface area contributed by atoms with Crippen LogP contribution in [0, 0.1) is 29.6 Å². The van der Waals surface area contributed by atoms with Gasteiger partial charge in [0.15, 0.2) is 23.8 Å². The number of carbonyl (C=O) groups is 12. The zero-order valence-corrected chi connectivity index (χ0v) is 63.6. The molecular formula is C68H121N27O12. The van der Waals surface area contributed by atoms with Gasteiger partial charge in [-0.05, 0) is 106 Å². The van der Waals surface area contributed by atoms with Crippen LogP contribution < -0.4 is 122 Å². The van der Waals surface area contributed by atoms with Crippen molar-refractivity contribution in [3.05, 3.63) is 36.0 Å². The molecule has 0 bridgehead atoms. The van der Waals surface area contributed by atoms with Crippen molar-refractivity contribution < 1.29 is 57.5 Å². The Labute approximate surface area is 625 Å². The molecule has 1 aromatic carbocycles. The van der Waals surface area contributed by atoms with Crippen LogP contribution in [-0.2, 0) is 64.0 Å². The first-order valence-electron chi connectivity index (χ1n) is 36.1. The monoisotopic (exact) mass is 1510 g/mol. The molecule has 0 aliphatic heterocycles. The Morgan fingerprint density at radius 2 is 0.757 bits per heavy atom. The molecule has 1 heterocycles. The van der Waals surface area contributed by atoms with Crippen molar-refractivity contribution in [2.45, 2.75) is 219 Å². The zero-order chi connectivity index (χ0) is 80.9. The number of nitrogens with one attached hydrogen (secondary N) is 12. The SMILES string of the molecule is CC[C@H](C)[C@H](NC(=O)[C@H](CCCN=C(N)N)NC(=O)[C@@H](NC(=O)[C@H](C)NC(=O)[C@@H](NC(=O)[C@H](CN)NC(=O)[C@H](CC(C)C)NC(=O)[C@H](CCCN=C(N)N)NC(=O)[C@@H](N)C(C)C)C(C)C)C(C)C)C(=O)N[C@@H](Cc1c[nH]c2ccccc12)C(=O)N[C@@H](CCCN=C(N)N)C(=O)N[C@@H](CCCN=C(N)N)C(N)=O. The van der Waals surface area contributed by atoms with E-state index in [4.69, 9.17) is 63.1 Å². The van der Waals surface area contributed by atoms with Crippen LogP contribution in [0.3, 0.4) is 0 Å². The molecule has 0 aliphatic carbocycles. The molecule has 34 N–H and O–H groups in total. The number of hydrogen-bond donors (Lipinski definition) is 23. The largest absolute Gasteiger partial charge is 0.370 e. The summed E-state index contributed by atoms with van der Waals surface area (Å²) >= 11 is 0. The Morgan fingerprint density at radius 3 is 1.20 bits per heavy atom. The van der Waals surface area contributed by atoms with Crippen molar-refractivity contribution in [3.63, 3.8) is 0 Å². The molecule has 39 heteroatoms. The second-order valence-electron chi connectivity index (χ2n) is 27.9. The van der Waals surface area contributed by atoms with Gasteiger partial charge in [-0.3, -0.25) is 77.5 Å². The Kier molecular flexibility index (Phi) is 40.7. The van der Waals surface area contributed by atoms with Crippen LogP contribution in [0.2, 0.25) is 0 Å². The minimum Gasteiger partial charge on any atom is -0.370 e. The van der Waals surface area contributed by atoms with E-state index in [1.54, 1.807) is 93.6 Å². The normalized spacial score (nSPS) is 14.9. The highest BCUT2D eigenvalue weighted by Gasteiger charge is 2.38. The minimum absolute atomic E-state index is 0.000897. The maximum Gasteiger partial charge on any atom is 0.244 e. The molecule has 12 amide bonds. The molecule has 0 saturated carbocycles. The zero-order valence-electron chi connectivity index (χ0n) is 63.6. The molecule has 13 atom stereocenters. The summed E-state index contributed by atoms with van der Waals surface area (Å²) in [6.07, 6.45) is 2.55. The number of para-hydroxylation sites is 1. The molecule has 39 nitrogen and oxygen atoms in total. The van der Waals surface area contributed by atoms with Gasteiger partial charge in [0, 0.05) is 56.2 Å². The lowest BCUT2D eigenvalue weighted by molar-refractivity contribution is -0.137. The summed E-state index contributed by atoms with van der Waals surface area (Å²) in [7, 11) is 0. The second-order valence-corrected chi connectivity index (χ2v) is 27.9. The fourth-order valence-electron chi connectivity index (χ4n) is 10.9. The Hall–Kier alpha value is -10.6. The smallest absolute Gasteiger partial charge is 0.244 e. The van der Waals surface area contributed by atoms with Gasteiger partial charge in [-0.1, -0.05) is 93.9 Å². The molecule has 1 aromatic heterocycles. The summed E-state index contributed by atoms with van der Waals surface area (Å²) in [5.41, 5.74) is 63.3. The van der Waals surface area contributed by atoms with E-state index in [9.17, 15) is 57.5 Å². The van der Waals surface area contributed by atoms with Crippen LogP contribution in [-0.4, -0.2) is 205 Å². The maximum absolute atomic E-state index is 14.9. The van der Waals surface area contributed by atoms with E-state index < -0.39 is 168 Å². The molecule has 600 valence electrons. The second kappa shape index (κ2) is 47.1. The van der Waals surface area contributed by atoms with Crippen LogP contribution in [0.5, 0.6) is 0 Å². The van der Waals surface area contributed by atoms with Crippen molar-refractivity contribution in [1.29, 1.82) is 0 Å². The molecule has 0 fully saturated rings. The number of fused-ring (bicyclic) bond motifs is 1. The lowest BCUT2D eigenvalue weighted by atomic mass is 9.96. The van der Waals surface area contributed by atoms with Gasteiger partial charge in [0.1, 0.15) is 66.5 Å². The number of aliphatic imine (C=N–C) groups is 4. The van der Waals surface area contributed by atoms with Gasteiger partial charge in [-0.25, -0.2) is 0 Å². The van der Waals surface area contributed by atoms with Crippen molar-refractivity contribution in [1.82, 2.24) is 63.5 Å². The molecule has 2 rings (SSSR count). The van der Waals surface area contributed by atoms with Crippen molar-refractivity contribution in [3.8, 4) is 0 Å². The van der Waals surface area contributed by atoms with Crippen molar-refractivity contribution in [2.75, 3.05) is 32.7 Å². The predicted octanol–water partition coefficient (Wildman–Crippen LogP) is -5.89. The number of nitrogens with two attached hydrogens (primary N) is 11. The van der Waals surface area contributed by atoms with Gasteiger partial charge in [-0.15, -0.1) is 0 Å². The van der Waals surface area contributed by atoms with Crippen LogP contribution >= 0.6 is 0 Å². The number of carbonyl (C=O) groups excluding carboxylic acids is 12. The summed E-state index contributed by atoms with van der Waals surface area (Å²) < 4.78 is 0. The van der Waals surface area contributed by atoms with Gasteiger partial charge in [-0.2, -0.15) is 0 Å². The van der Waals surface area contributed by atoms with E-state index in [1.165, 1.54) is 6.92 Å². The number of primary amides is 1. The Balaban J connectivity index is 2.48. The summed E-state index contributed by atoms with van der Waals surface area (Å²) in [5.74, 6) is -13.0. The first-order chi connectivity index (χ1) is 50.2. The molecule has 107 heavy (non-hydrogen) atoms. The van der Waals surface area contributed by atoms with Gasteiger partial charge < -0.3 is 127 Å². The van der Waals surface area contributed by atoms with Crippen LogP contribution in [0.25, 0.3) is 10.9 Å². The van der Waals surface area contributed by atoms with Crippen molar-refractivity contribution in [2.24, 2.45) is 113 Å². The van der Waals surface area contributed by atoms with Crippen LogP contribution in [0.1, 0.15) is 146 Å². The third-order valence-corrected chi connectivity index (χ3v) is 17.3. The first kappa shape index (κ1) is 92.5. The molecule has 0 unspecified atom stereocenters. The standard InChI is InChI=1S/C68H121N27O12/c1-12-37(10)52(64(107)91-47(30-39-32-84-41-20-14-13-19-40(39)41)59(102)87-43(22-16-26-81-66(74)75)55(98)86-42(53(71)96)21-15-25-80-65(72)73)95-57(100)45(24-18-28-83-68(78)79)89-63(106)51(36(8)9)93-54(97)38(11)85-62(105)50(35(6)7)94-60(103)48(31-69)92-58(101)46(29-33(2)3)90-56(99)44(23-17-27-82-67(76)77)88-61(104)49(70)34(4)5/h13-14,19-20,32-38,42-52,84H,12,15-18,21-31,69-70H2,1-11H3,(H2,71,96)(H,85,105)(H,86,98)(H,87,102)(H,88,104)(H,89,106)(H,90,99)(H,91,107)(H,92,101)(H,93,97)(H,94,103)(H,95,100)(H4,72,73,80)(H4,74,75,81)(H4,76,77,82)(H4,78,79,83)/t37-,38-,42-,43-,44-,45-,46-,47-,48-,49-,50-,51-,52-/m0/s1. The lowest BCUT2D eigenvalue weighted by Gasteiger charge is -2.30. The highest BCUT2D eigenvalue weighted by molar-refractivity contribution is 6.00. The third-order valence-electron chi connectivity index (χ3n) is 17.3. The number of H-pyrrole nitrogens is 1. The fourth-order valence-corrected chi connectivity index (χ4v) is 10.9. The number of benzene rings is 1. The number of amides is 12. The van der Waals surface area contributed by atoms with Gasteiger partial charge in [0.2, 0.25) is 70.9 Å². The average molecular weight is 1510 g/mol. The maximum atomic E-state index is 14.9. The average Bonchev–Trinajstić information content (AvgIpc) is 1.73. The molecule has 0 radical (unpaired) electrons. The number of aromatic amines is 1. The van der Waals surface area contributed by atoms with E-state index in [1.807, 2.05) is 6.07 Å². The summed E-state index contributed by atoms with van der Waals surface area (Å²) in [6.45, 7) is 18.1. The van der Waals surface area contributed by atoms with Gasteiger partial charge in [0.25, 0.3) is 0 Å². The van der Waals surface area contributed by atoms with E-state index >= 15 is 0 Å². The molecule has 0 saturated heterocycles. The topological polar surface area (TPSA) is 689 Å². The summed E-state index contributed by atoms with van der Waals surface area (Å²) in [5, 5.41) is 30.1. The quantitative estimate of drug-likeness (QED) is 0.0167. The molecular weight excluding hydrogens is 1390 g/mol. The molecule has 0 spiro atoms. The third kappa shape index (κ3) is 33.6. The number of nitrogens with zero attached hydrogens (tertiary/aromatic N) is 4. The number of rotatable bonds is 49. The Morgan fingerprint density at radius 1 is 0.402 bits per heavy atom. The van der Waals surface area contributed by atoms with Crippen LogP contribution in [0.4, 0.5) is 0 Å². The van der Waals surface area contributed by atoms with E-state index in [0.717, 1.165) is 0 Å². The van der Waals surface area contributed by atoms with Crippen molar-refractivity contribution >= 4 is 106 Å².